The van der Waals surface area contributed by atoms with Gasteiger partial charge in [0.05, 0.1) is 12.2 Å². The van der Waals surface area contributed by atoms with Crippen LogP contribution in [0.2, 0.25) is 0 Å². The molecule has 0 fully saturated rings. The summed E-state index contributed by atoms with van der Waals surface area (Å²) >= 11 is 5.08. The van der Waals surface area contributed by atoms with Crippen LogP contribution in [0.1, 0.15) is 49.4 Å². The number of hydrogen-bond acceptors (Lipinski definition) is 3. The Morgan fingerprint density at radius 2 is 2.28 bits per heavy atom. The van der Waals surface area contributed by atoms with Crippen molar-refractivity contribution in [3.8, 4) is 5.88 Å². The molecule has 3 nitrogen and oxygen atoms in total. The number of nitrogens with zero attached hydrogens (tertiary/aromatic N) is 1. The second-order valence-electron chi connectivity index (χ2n) is 4.72. The van der Waals surface area contributed by atoms with Crippen molar-refractivity contribution >= 4 is 17.2 Å². The summed E-state index contributed by atoms with van der Waals surface area (Å²) in [5.74, 6) is 0.624. The number of rotatable bonds is 6. The molecule has 1 aliphatic carbocycles. The average Bonchev–Trinajstić information content (AvgIpc) is 2.80. The number of nitrogens with two attached hydrogens (primary N) is 1. The van der Waals surface area contributed by atoms with Crippen LogP contribution in [-0.4, -0.2) is 16.6 Å². The summed E-state index contributed by atoms with van der Waals surface area (Å²) in [6.07, 6.45) is 6.69. The lowest BCUT2D eigenvalue weighted by atomic mass is 10.1. The second kappa shape index (κ2) is 6.14. The van der Waals surface area contributed by atoms with Crippen molar-refractivity contribution in [1.29, 1.82) is 0 Å². The molecule has 1 heterocycles. The number of unbranched alkanes of at least 4 members (excludes halogenated alkanes) is 2. The zero-order chi connectivity index (χ0) is 13.0. The van der Waals surface area contributed by atoms with Crippen molar-refractivity contribution in [1.82, 2.24) is 4.98 Å². The predicted octanol–water partition coefficient (Wildman–Crippen LogP) is 2.77. The van der Waals surface area contributed by atoms with Crippen LogP contribution in [0.3, 0.4) is 0 Å². The van der Waals surface area contributed by atoms with Crippen LogP contribution in [0.25, 0.3) is 0 Å². The number of thiocarbonyl (C=S) groups is 1. The van der Waals surface area contributed by atoms with Gasteiger partial charge in [-0.1, -0.05) is 32.0 Å². The minimum absolute atomic E-state index is 0.377. The van der Waals surface area contributed by atoms with E-state index in [-0.39, 0.29) is 0 Å². The summed E-state index contributed by atoms with van der Waals surface area (Å²) in [6.45, 7) is 2.86. The third kappa shape index (κ3) is 2.99. The summed E-state index contributed by atoms with van der Waals surface area (Å²) in [5, 5.41) is 0. The van der Waals surface area contributed by atoms with E-state index in [9.17, 15) is 0 Å². The monoisotopic (exact) mass is 264 g/mol. The summed E-state index contributed by atoms with van der Waals surface area (Å²) in [5.41, 5.74) is 8.97. The predicted molar refractivity (Wildman–Crippen MR) is 77.2 cm³/mol. The fraction of sp³-hybridized carbons (Fsp3) is 0.571. The van der Waals surface area contributed by atoms with E-state index in [2.05, 4.69) is 18.0 Å². The van der Waals surface area contributed by atoms with Crippen LogP contribution in [0, 0.1) is 0 Å². The molecule has 0 saturated carbocycles. The molecule has 98 valence electrons. The van der Waals surface area contributed by atoms with Gasteiger partial charge in [0.15, 0.2) is 0 Å². The van der Waals surface area contributed by atoms with Crippen LogP contribution < -0.4 is 10.5 Å². The van der Waals surface area contributed by atoms with Gasteiger partial charge in [-0.05, 0) is 37.3 Å². The van der Waals surface area contributed by atoms with Gasteiger partial charge in [-0.2, -0.15) is 0 Å². The summed E-state index contributed by atoms with van der Waals surface area (Å²) in [6, 6.07) is 2.06. The highest BCUT2D eigenvalue weighted by atomic mass is 32.1. The van der Waals surface area contributed by atoms with Gasteiger partial charge >= 0.3 is 0 Å². The van der Waals surface area contributed by atoms with Gasteiger partial charge < -0.3 is 10.5 Å². The van der Waals surface area contributed by atoms with Crippen molar-refractivity contribution in [2.24, 2.45) is 5.73 Å². The quantitative estimate of drug-likeness (QED) is 0.634. The Labute approximate surface area is 114 Å². The van der Waals surface area contributed by atoms with Crippen molar-refractivity contribution in [2.45, 2.75) is 45.4 Å². The number of aromatic nitrogens is 1. The maximum absolute atomic E-state index is 5.75. The van der Waals surface area contributed by atoms with Crippen molar-refractivity contribution < 1.29 is 4.74 Å². The topological polar surface area (TPSA) is 48.1 Å². The molecule has 2 N–H and O–H groups in total. The first-order valence-corrected chi connectivity index (χ1v) is 7.08. The Kier molecular flexibility index (Phi) is 4.53. The number of pyridine rings is 1. The van der Waals surface area contributed by atoms with E-state index in [0.29, 0.717) is 17.5 Å². The van der Waals surface area contributed by atoms with Crippen molar-refractivity contribution in [3.63, 3.8) is 0 Å². The summed E-state index contributed by atoms with van der Waals surface area (Å²) in [7, 11) is 0. The van der Waals surface area contributed by atoms with Gasteiger partial charge in [-0.15, -0.1) is 0 Å². The Hall–Kier alpha value is -1.16. The molecule has 2 rings (SSSR count). The fourth-order valence-electron chi connectivity index (χ4n) is 2.26. The Balaban J connectivity index is 2.14. The summed E-state index contributed by atoms with van der Waals surface area (Å²) in [4.78, 5) is 4.96. The largest absolute Gasteiger partial charge is 0.477 e. The first-order chi connectivity index (χ1) is 8.72. The van der Waals surface area contributed by atoms with Gasteiger partial charge in [-0.25, -0.2) is 4.98 Å². The molecule has 1 aromatic rings. The molecule has 4 heteroatoms. The minimum Gasteiger partial charge on any atom is -0.477 e. The van der Waals surface area contributed by atoms with E-state index in [0.717, 1.165) is 30.5 Å². The molecule has 0 aliphatic heterocycles. The zero-order valence-corrected chi connectivity index (χ0v) is 11.7. The molecule has 0 amide bonds. The lowest BCUT2D eigenvalue weighted by Crippen LogP contribution is -2.14. The van der Waals surface area contributed by atoms with Gasteiger partial charge in [-0.3, -0.25) is 0 Å². The molecule has 18 heavy (non-hydrogen) atoms. The van der Waals surface area contributed by atoms with Crippen molar-refractivity contribution in [2.75, 3.05) is 6.61 Å². The third-order valence-corrected chi connectivity index (χ3v) is 3.49. The second-order valence-corrected chi connectivity index (χ2v) is 5.16. The van der Waals surface area contributed by atoms with E-state index < -0.39 is 0 Å². The lowest BCUT2D eigenvalue weighted by molar-refractivity contribution is 0.293. The molecule has 0 unspecified atom stereocenters. The number of fused-ring (bicyclic) bond motifs is 1. The van der Waals surface area contributed by atoms with E-state index in [1.165, 1.54) is 24.8 Å². The Morgan fingerprint density at radius 3 is 3.00 bits per heavy atom. The highest BCUT2D eigenvalue weighted by Gasteiger charge is 2.18. The molecule has 0 radical (unpaired) electrons. The number of hydrogen-bond donors (Lipinski definition) is 1. The molecule has 0 saturated heterocycles. The van der Waals surface area contributed by atoms with E-state index >= 15 is 0 Å². The van der Waals surface area contributed by atoms with Gasteiger partial charge in [0, 0.05) is 5.69 Å². The molecule has 1 aromatic heterocycles. The lowest BCUT2D eigenvalue weighted by Gasteiger charge is -2.11. The standard InChI is InChI=1S/C14H20N2OS/c1-2-3-4-8-17-14-11(13(15)18)9-10-6-5-7-12(10)16-14/h9H,2-8H2,1H3,(H2,15,18). The Bertz CT molecular complexity index is 446. The van der Waals surface area contributed by atoms with E-state index in [4.69, 9.17) is 22.7 Å². The highest BCUT2D eigenvalue weighted by molar-refractivity contribution is 7.80. The molecule has 1 aliphatic rings. The van der Waals surface area contributed by atoms with Crippen LogP contribution in [0.15, 0.2) is 6.07 Å². The van der Waals surface area contributed by atoms with Gasteiger partial charge in [0.2, 0.25) is 5.88 Å². The first kappa shape index (κ1) is 13.3. The van der Waals surface area contributed by atoms with Gasteiger partial charge in [0.1, 0.15) is 4.99 Å². The highest BCUT2D eigenvalue weighted by Crippen LogP contribution is 2.26. The normalized spacial score (nSPS) is 13.4. The maximum Gasteiger partial charge on any atom is 0.224 e. The van der Waals surface area contributed by atoms with Crippen LogP contribution >= 0.6 is 12.2 Å². The van der Waals surface area contributed by atoms with E-state index in [1.54, 1.807) is 0 Å². The molecule has 0 spiro atoms. The van der Waals surface area contributed by atoms with E-state index in [1.807, 2.05) is 0 Å². The molecule has 0 atom stereocenters. The molecular formula is C14H20N2OS. The fourth-order valence-corrected chi connectivity index (χ4v) is 2.41. The van der Waals surface area contributed by atoms with Crippen LogP contribution in [-0.2, 0) is 12.8 Å². The van der Waals surface area contributed by atoms with Gasteiger partial charge in [0.25, 0.3) is 0 Å². The van der Waals surface area contributed by atoms with Crippen LogP contribution in [0.4, 0.5) is 0 Å². The molecular weight excluding hydrogens is 244 g/mol. The average molecular weight is 264 g/mol. The molecule has 0 bridgehead atoms. The SMILES string of the molecule is CCCCCOc1nc2c(cc1C(N)=S)CCC2. The number of aryl methyl sites for hydroxylation is 2. The van der Waals surface area contributed by atoms with Crippen LogP contribution in [0.5, 0.6) is 5.88 Å². The third-order valence-electron chi connectivity index (χ3n) is 3.27. The maximum atomic E-state index is 5.75. The Morgan fingerprint density at radius 1 is 1.44 bits per heavy atom. The smallest absolute Gasteiger partial charge is 0.224 e. The zero-order valence-electron chi connectivity index (χ0n) is 10.9. The van der Waals surface area contributed by atoms with Crippen molar-refractivity contribution in [3.05, 3.63) is 22.9 Å². The minimum atomic E-state index is 0.377. The molecule has 0 aromatic carbocycles. The number of ether oxygens (including phenoxy) is 1. The first-order valence-electron chi connectivity index (χ1n) is 6.67. The summed E-state index contributed by atoms with van der Waals surface area (Å²) < 4.78 is 5.75.